The number of amides is 1. The fraction of sp³-hybridized carbons (Fsp3) is 0.538. The summed E-state index contributed by atoms with van der Waals surface area (Å²) in [5.41, 5.74) is 0. The van der Waals surface area contributed by atoms with E-state index in [0.29, 0.717) is 13.1 Å². The lowest BCUT2D eigenvalue weighted by Crippen LogP contribution is -2.33. The first-order chi connectivity index (χ1) is 8.63. The maximum Gasteiger partial charge on any atom is 0.303 e. The Morgan fingerprint density at radius 1 is 1.33 bits per heavy atom. The Bertz CT molecular complexity index is 376. The van der Waals surface area contributed by atoms with Gasteiger partial charge in [0.05, 0.1) is 6.42 Å². The zero-order valence-electron chi connectivity index (χ0n) is 10.6. The summed E-state index contributed by atoms with van der Waals surface area (Å²) in [5, 5.41) is 10.6. The van der Waals surface area contributed by atoms with Gasteiger partial charge in [0.2, 0.25) is 5.91 Å². The summed E-state index contributed by atoms with van der Waals surface area (Å²) in [5.74, 6) is -0.978. The van der Waals surface area contributed by atoms with Crippen LogP contribution in [0.15, 0.2) is 17.5 Å². The molecule has 100 valence electrons. The lowest BCUT2D eigenvalue weighted by atomic mass is 10.2. The molecule has 0 aliphatic carbocycles. The highest BCUT2D eigenvalue weighted by molar-refractivity contribution is 7.09. The zero-order chi connectivity index (χ0) is 13.4. The molecular formula is C13H19NO3S. The molecule has 0 spiro atoms. The Kier molecular flexibility index (Phi) is 6.43. The molecule has 0 aromatic carbocycles. The lowest BCUT2D eigenvalue weighted by Gasteiger charge is -2.21. The van der Waals surface area contributed by atoms with E-state index in [4.69, 9.17) is 5.11 Å². The Morgan fingerprint density at radius 2 is 2.11 bits per heavy atom. The van der Waals surface area contributed by atoms with Crippen LogP contribution in [0.5, 0.6) is 0 Å². The molecule has 5 heteroatoms. The topological polar surface area (TPSA) is 57.6 Å². The van der Waals surface area contributed by atoms with E-state index < -0.39 is 5.97 Å². The van der Waals surface area contributed by atoms with Crippen LogP contribution in [0.25, 0.3) is 0 Å². The molecule has 0 atom stereocenters. The average molecular weight is 269 g/mol. The van der Waals surface area contributed by atoms with Crippen LogP contribution in [-0.4, -0.2) is 35.0 Å². The van der Waals surface area contributed by atoms with Crippen LogP contribution in [0.2, 0.25) is 0 Å². The fourth-order valence-corrected chi connectivity index (χ4v) is 2.40. The Labute approximate surface area is 111 Å². The molecule has 0 unspecified atom stereocenters. The summed E-state index contributed by atoms with van der Waals surface area (Å²) in [6, 6.07) is 4.05. The van der Waals surface area contributed by atoms with Gasteiger partial charge in [-0.2, -0.15) is 0 Å². The van der Waals surface area contributed by atoms with Gasteiger partial charge in [0.1, 0.15) is 0 Å². The van der Waals surface area contributed by atoms with Crippen molar-refractivity contribution in [3.05, 3.63) is 22.4 Å². The molecule has 1 amide bonds. The molecule has 1 rings (SSSR count). The largest absolute Gasteiger partial charge is 0.481 e. The van der Waals surface area contributed by atoms with Crippen molar-refractivity contribution in [1.82, 2.24) is 4.90 Å². The van der Waals surface area contributed by atoms with Crippen LogP contribution >= 0.6 is 11.3 Å². The second kappa shape index (κ2) is 7.87. The van der Waals surface area contributed by atoms with E-state index in [9.17, 15) is 9.59 Å². The van der Waals surface area contributed by atoms with Crippen molar-refractivity contribution in [3.63, 3.8) is 0 Å². The number of carbonyl (C=O) groups excluding carboxylic acids is 1. The van der Waals surface area contributed by atoms with Crippen LogP contribution in [0.1, 0.15) is 31.1 Å². The van der Waals surface area contributed by atoms with Crippen molar-refractivity contribution in [2.45, 2.75) is 32.6 Å². The second-order valence-electron chi connectivity index (χ2n) is 4.10. The van der Waals surface area contributed by atoms with E-state index in [1.54, 1.807) is 16.2 Å². The number of aliphatic carboxylic acids is 1. The van der Waals surface area contributed by atoms with E-state index in [2.05, 4.69) is 6.07 Å². The standard InChI is InChI=1S/C13H19NO3S/c1-2-8-14(12(15)5-6-13(16)17)9-7-11-4-3-10-18-11/h3-4,10H,2,5-9H2,1H3,(H,16,17). The van der Waals surface area contributed by atoms with Crippen molar-refractivity contribution < 1.29 is 14.7 Å². The quantitative estimate of drug-likeness (QED) is 0.788. The van der Waals surface area contributed by atoms with Gasteiger partial charge in [0.15, 0.2) is 0 Å². The average Bonchev–Trinajstić information content (AvgIpc) is 2.84. The van der Waals surface area contributed by atoms with Gasteiger partial charge in [-0.25, -0.2) is 0 Å². The molecule has 0 saturated carbocycles. The minimum Gasteiger partial charge on any atom is -0.481 e. The van der Waals surface area contributed by atoms with Gasteiger partial charge >= 0.3 is 5.97 Å². The van der Waals surface area contributed by atoms with Crippen molar-refractivity contribution in [2.75, 3.05) is 13.1 Å². The normalized spacial score (nSPS) is 10.3. The SMILES string of the molecule is CCCN(CCc1cccs1)C(=O)CCC(=O)O. The molecular weight excluding hydrogens is 250 g/mol. The first-order valence-electron chi connectivity index (χ1n) is 6.15. The smallest absolute Gasteiger partial charge is 0.303 e. The first-order valence-corrected chi connectivity index (χ1v) is 7.03. The van der Waals surface area contributed by atoms with Gasteiger partial charge < -0.3 is 10.0 Å². The second-order valence-corrected chi connectivity index (χ2v) is 5.14. The van der Waals surface area contributed by atoms with Crippen molar-refractivity contribution >= 4 is 23.2 Å². The summed E-state index contributed by atoms with van der Waals surface area (Å²) < 4.78 is 0. The van der Waals surface area contributed by atoms with Gasteiger partial charge in [-0.1, -0.05) is 13.0 Å². The van der Waals surface area contributed by atoms with Crippen molar-refractivity contribution in [1.29, 1.82) is 0 Å². The molecule has 1 aromatic rings. The number of thiophene rings is 1. The number of carboxylic acid groups (broad SMARTS) is 1. The number of hydrogen-bond donors (Lipinski definition) is 1. The molecule has 4 nitrogen and oxygen atoms in total. The first kappa shape index (κ1) is 14.7. The molecule has 18 heavy (non-hydrogen) atoms. The molecule has 0 bridgehead atoms. The lowest BCUT2D eigenvalue weighted by molar-refractivity contribution is -0.140. The molecule has 0 aliphatic heterocycles. The van der Waals surface area contributed by atoms with Crippen molar-refractivity contribution in [3.8, 4) is 0 Å². The van der Waals surface area contributed by atoms with E-state index in [1.165, 1.54) is 4.88 Å². The number of carboxylic acids is 1. The van der Waals surface area contributed by atoms with E-state index in [1.807, 2.05) is 18.4 Å². The molecule has 1 heterocycles. The molecule has 0 saturated heterocycles. The number of nitrogens with zero attached hydrogens (tertiary/aromatic N) is 1. The predicted molar refractivity (Wildman–Crippen MR) is 71.8 cm³/mol. The molecule has 0 fully saturated rings. The minimum absolute atomic E-state index is 0.0594. The fourth-order valence-electron chi connectivity index (χ4n) is 1.70. The van der Waals surface area contributed by atoms with Crippen LogP contribution < -0.4 is 0 Å². The van der Waals surface area contributed by atoms with E-state index in [-0.39, 0.29) is 18.7 Å². The molecule has 1 N–H and O–H groups in total. The summed E-state index contributed by atoms with van der Waals surface area (Å²) in [6.45, 7) is 3.39. The van der Waals surface area contributed by atoms with Crippen LogP contribution in [0.3, 0.4) is 0 Å². The van der Waals surface area contributed by atoms with E-state index in [0.717, 1.165) is 12.8 Å². The van der Waals surface area contributed by atoms with Crippen LogP contribution in [-0.2, 0) is 16.0 Å². The molecule has 0 radical (unpaired) electrons. The minimum atomic E-state index is -0.918. The Balaban J connectivity index is 2.42. The Hall–Kier alpha value is -1.36. The number of hydrogen-bond acceptors (Lipinski definition) is 3. The molecule has 1 aromatic heterocycles. The third-order valence-electron chi connectivity index (χ3n) is 2.61. The highest BCUT2D eigenvalue weighted by atomic mass is 32.1. The highest BCUT2D eigenvalue weighted by Crippen LogP contribution is 2.10. The maximum atomic E-state index is 11.9. The summed E-state index contributed by atoms with van der Waals surface area (Å²) in [4.78, 5) is 25.3. The van der Waals surface area contributed by atoms with Gasteiger partial charge in [-0.15, -0.1) is 11.3 Å². The third kappa shape index (κ3) is 5.31. The Morgan fingerprint density at radius 3 is 2.67 bits per heavy atom. The van der Waals surface area contributed by atoms with Gasteiger partial charge in [0, 0.05) is 24.4 Å². The molecule has 0 aliphatic rings. The van der Waals surface area contributed by atoms with Crippen molar-refractivity contribution in [2.24, 2.45) is 0 Å². The summed E-state index contributed by atoms with van der Waals surface area (Å²) in [7, 11) is 0. The van der Waals surface area contributed by atoms with Crippen LogP contribution in [0.4, 0.5) is 0 Å². The zero-order valence-corrected chi connectivity index (χ0v) is 11.4. The predicted octanol–water partition coefficient (Wildman–Crippen LogP) is 2.39. The number of carbonyl (C=O) groups is 2. The van der Waals surface area contributed by atoms with Crippen LogP contribution in [0, 0.1) is 0 Å². The highest BCUT2D eigenvalue weighted by Gasteiger charge is 2.14. The number of rotatable bonds is 8. The maximum absolute atomic E-state index is 11.9. The van der Waals surface area contributed by atoms with E-state index >= 15 is 0 Å². The summed E-state index contributed by atoms with van der Waals surface area (Å²) in [6.07, 6.45) is 1.75. The monoisotopic (exact) mass is 269 g/mol. The summed E-state index contributed by atoms with van der Waals surface area (Å²) >= 11 is 1.68. The van der Waals surface area contributed by atoms with Gasteiger partial charge in [0.25, 0.3) is 0 Å². The van der Waals surface area contributed by atoms with Gasteiger partial charge in [-0.3, -0.25) is 9.59 Å². The third-order valence-corrected chi connectivity index (χ3v) is 3.54. The van der Waals surface area contributed by atoms with Gasteiger partial charge in [-0.05, 0) is 24.3 Å².